The van der Waals surface area contributed by atoms with Crippen LogP contribution in [0.15, 0.2) is 0 Å². The highest BCUT2D eigenvalue weighted by molar-refractivity contribution is 5.89. The number of ether oxygens (including phenoxy) is 3. The van der Waals surface area contributed by atoms with Crippen LogP contribution < -0.4 is 16.4 Å². The van der Waals surface area contributed by atoms with Crippen molar-refractivity contribution in [3.63, 3.8) is 0 Å². The molecule has 8 heteroatoms. The van der Waals surface area contributed by atoms with E-state index < -0.39 is 5.54 Å². The van der Waals surface area contributed by atoms with Crippen molar-refractivity contribution < 1.29 is 23.8 Å². The second-order valence-electron chi connectivity index (χ2n) is 5.89. The molecule has 2 amide bonds. The number of hydrogen-bond donors (Lipinski definition) is 3. The summed E-state index contributed by atoms with van der Waals surface area (Å²) in [6.45, 7) is 9.19. The van der Waals surface area contributed by atoms with Crippen LogP contribution in [0.2, 0.25) is 0 Å². The van der Waals surface area contributed by atoms with Gasteiger partial charge >= 0.3 is 0 Å². The molecule has 142 valence electrons. The highest BCUT2D eigenvalue weighted by Crippen LogP contribution is 2.01. The van der Waals surface area contributed by atoms with E-state index in [0.717, 1.165) is 6.42 Å². The summed E-state index contributed by atoms with van der Waals surface area (Å²) in [5.41, 5.74) is 4.44. The van der Waals surface area contributed by atoms with Gasteiger partial charge in [0, 0.05) is 26.7 Å². The molecule has 4 N–H and O–H groups in total. The molecule has 24 heavy (non-hydrogen) atoms. The van der Waals surface area contributed by atoms with E-state index in [2.05, 4.69) is 10.6 Å². The summed E-state index contributed by atoms with van der Waals surface area (Å²) in [5.74, 6) is -0.445. The molecular weight excluding hydrogens is 314 g/mol. The second-order valence-corrected chi connectivity index (χ2v) is 5.89. The zero-order valence-corrected chi connectivity index (χ0v) is 15.2. The van der Waals surface area contributed by atoms with Crippen LogP contribution in [0.1, 0.15) is 33.6 Å². The molecule has 0 rings (SSSR count). The molecule has 0 aliphatic carbocycles. The quantitative estimate of drug-likeness (QED) is 0.354. The molecule has 0 spiro atoms. The van der Waals surface area contributed by atoms with Crippen LogP contribution in [-0.4, -0.2) is 70.1 Å². The molecule has 0 fully saturated rings. The number of rotatable bonds is 15. The normalized spacial score (nSPS) is 11.3. The Morgan fingerprint density at radius 1 is 0.917 bits per heavy atom. The molecule has 0 aromatic heterocycles. The molecular formula is C16H33N3O5. The van der Waals surface area contributed by atoms with E-state index in [1.807, 2.05) is 0 Å². The number of carbonyl (C=O) groups excluding carboxylic acids is 2. The summed E-state index contributed by atoms with van der Waals surface area (Å²) in [6.07, 6.45) is 1.56. The highest BCUT2D eigenvalue weighted by Gasteiger charge is 2.27. The maximum Gasteiger partial charge on any atom is 0.245 e. The fraction of sp³-hybridized carbons (Fsp3) is 0.875. The molecule has 0 aromatic rings. The van der Waals surface area contributed by atoms with Gasteiger partial charge in [0.15, 0.2) is 0 Å². The van der Waals surface area contributed by atoms with Crippen molar-refractivity contribution in [2.75, 3.05) is 52.7 Å². The van der Waals surface area contributed by atoms with Gasteiger partial charge in [-0.3, -0.25) is 9.59 Å². The van der Waals surface area contributed by atoms with Crippen LogP contribution in [0, 0.1) is 0 Å². The topological polar surface area (TPSA) is 112 Å². The van der Waals surface area contributed by atoms with Crippen molar-refractivity contribution in [1.82, 2.24) is 10.6 Å². The van der Waals surface area contributed by atoms with Crippen LogP contribution in [-0.2, 0) is 23.8 Å². The molecule has 0 aromatic carbocycles. The first-order chi connectivity index (χ1) is 11.4. The molecule has 0 aliphatic heterocycles. The Kier molecular flexibility index (Phi) is 13.4. The zero-order valence-electron chi connectivity index (χ0n) is 15.2. The first-order valence-electron chi connectivity index (χ1n) is 8.40. The van der Waals surface area contributed by atoms with Crippen LogP contribution in [0.3, 0.4) is 0 Å². The number of carbonyl (C=O) groups is 2. The van der Waals surface area contributed by atoms with E-state index in [4.69, 9.17) is 19.9 Å². The monoisotopic (exact) mass is 347 g/mol. The molecule has 0 aliphatic rings. The summed E-state index contributed by atoms with van der Waals surface area (Å²) in [6, 6.07) is 0. The number of nitrogens with one attached hydrogen (secondary N) is 2. The predicted octanol–water partition coefficient (Wildman–Crippen LogP) is -0.194. The standard InChI is InChI=1S/C16H33N3O5/c1-14(20)19-16(2,3)15(21)18-7-5-9-23-11-13-24-12-10-22-8-4-6-17/h4-13,17H2,1-3H3,(H,18,21)(H,19,20). The number of amides is 2. The van der Waals surface area contributed by atoms with Crippen molar-refractivity contribution in [2.45, 2.75) is 39.2 Å². The minimum Gasteiger partial charge on any atom is -0.379 e. The maximum atomic E-state index is 11.9. The third kappa shape index (κ3) is 13.2. The van der Waals surface area contributed by atoms with Crippen LogP contribution in [0.25, 0.3) is 0 Å². The van der Waals surface area contributed by atoms with Crippen LogP contribution in [0.4, 0.5) is 0 Å². The third-order valence-electron chi connectivity index (χ3n) is 3.04. The van der Waals surface area contributed by atoms with Crippen molar-refractivity contribution in [3.8, 4) is 0 Å². The molecule has 0 bridgehead atoms. The van der Waals surface area contributed by atoms with E-state index in [-0.39, 0.29) is 11.8 Å². The smallest absolute Gasteiger partial charge is 0.245 e. The van der Waals surface area contributed by atoms with Gasteiger partial charge in [-0.05, 0) is 33.2 Å². The predicted molar refractivity (Wildman–Crippen MR) is 91.7 cm³/mol. The zero-order chi connectivity index (χ0) is 18.3. The van der Waals surface area contributed by atoms with Gasteiger partial charge in [0.05, 0.1) is 26.4 Å². The molecule has 0 atom stereocenters. The minimum absolute atomic E-state index is 0.212. The lowest BCUT2D eigenvalue weighted by molar-refractivity contribution is -0.131. The lowest BCUT2D eigenvalue weighted by atomic mass is 10.0. The Bertz CT molecular complexity index is 351. The van der Waals surface area contributed by atoms with Crippen molar-refractivity contribution >= 4 is 11.8 Å². The highest BCUT2D eigenvalue weighted by atomic mass is 16.5. The number of nitrogens with two attached hydrogens (primary N) is 1. The first-order valence-corrected chi connectivity index (χ1v) is 8.40. The van der Waals surface area contributed by atoms with Crippen molar-refractivity contribution in [2.24, 2.45) is 5.73 Å². The van der Waals surface area contributed by atoms with E-state index in [1.165, 1.54) is 6.92 Å². The average molecular weight is 347 g/mol. The Morgan fingerprint density at radius 2 is 1.42 bits per heavy atom. The fourth-order valence-corrected chi connectivity index (χ4v) is 1.82. The summed E-state index contributed by atoms with van der Waals surface area (Å²) >= 11 is 0. The Hall–Kier alpha value is -1.22. The van der Waals surface area contributed by atoms with Crippen LogP contribution in [0.5, 0.6) is 0 Å². The van der Waals surface area contributed by atoms with E-state index in [9.17, 15) is 9.59 Å². The van der Waals surface area contributed by atoms with Gasteiger partial charge in [0.25, 0.3) is 0 Å². The van der Waals surface area contributed by atoms with E-state index >= 15 is 0 Å². The molecule has 8 nitrogen and oxygen atoms in total. The molecule has 0 heterocycles. The van der Waals surface area contributed by atoms with Gasteiger partial charge in [-0.1, -0.05) is 0 Å². The lowest BCUT2D eigenvalue weighted by Crippen LogP contribution is -2.54. The minimum atomic E-state index is -0.910. The second kappa shape index (κ2) is 14.2. The Balaban J connectivity index is 3.39. The van der Waals surface area contributed by atoms with Crippen LogP contribution >= 0.6 is 0 Å². The molecule has 0 saturated carbocycles. The van der Waals surface area contributed by atoms with E-state index in [0.29, 0.717) is 59.2 Å². The Morgan fingerprint density at radius 3 is 1.92 bits per heavy atom. The van der Waals surface area contributed by atoms with Crippen molar-refractivity contribution in [1.29, 1.82) is 0 Å². The van der Waals surface area contributed by atoms with Gasteiger partial charge in [0.1, 0.15) is 5.54 Å². The fourth-order valence-electron chi connectivity index (χ4n) is 1.82. The third-order valence-corrected chi connectivity index (χ3v) is 3.04. The summed E-state index contributed by atoms with van der Waals surface area (Å²) in [4.78, 5) is 22.9. The molecule has 0 unspecified atom stereocenters. The van der Waals surface area contributed by atoms with Gasteiger partial charge in [-0.25, -0.2) is 0 Å². The summed E-state index contributed by atoms with van der Waals surface area (Å²) in [5, 5.41) is 5.37. The first kappa shape index (κ1) is 22.8. The lowest BCUT2D eigenvalue weighted by Gasteiger charge is -2.24. The van der Waals surface area contributed by atoms with Crippen molar-refractivity contribution in [3.05, 3.63) is 0 Å². The van der Waals surface area contributed by atoms with Gasteiger partial charge in [-0.15, -0.1) is 0 Å². The molecule has 0 radical (unpaired) electrons. The Labute approximate surface area is 144 Å². The molecule has 0 saturated heterocycles. The van der Waals surface area contributed by atoms with Gasteiger partial charge in [0.2, 0.25) is 11.8 Å². The average Bonchev–Trinajstić information content (AvgIpc) is 2.50. The van der Waals surface area contributed by atoms with Gasteiger partial charge in [-0.2, -0.15) is 0 Å². The summed E-state index contributed by atoms with van der Waals surface area (Å²) < 4.78 is 16.1. The SMILES string of the molecule is CC(=O)NC(C)(C)C(=O)NCCCOCCOCCOCCCN. The maximum absolute atomic E-state index is 11.9. The van der Waals surface area contributed by atoms with E-state index in [1.54, 1.807) is 13.8 Å². The largest absolute Gasteiger partial charge is 0.379 e. The van der Waals surface area contributed by atoms with Gasteiger partial charge < -0.3 is 30.6 Å². The number of hydrogen-bond acceptors (Lipinski definition) is 6. The summed E-state index contributed by atoms with van der Waals surface area (Å²) in [7, 11) is 0.